The minimum atomic E-state index is -1.25. The second-order valence-electron chi connectivity index (χ2n) is 3.06. The molecule has 0 aliphatic rings. The van der Waals surface area contributed by atoms with Crippen LogP contribution in [0.5, 0.6) is 11.5 Å². The molecule has 0 aliphatic heterocycles. The molecule has 0 atom stereocenters. The summed E-state index contributed by atoms with van der Waals surface area (Å²) in [6.07, 6.45) is -0.448. The van der Waals surface area contributed by atoms with Gasteiger partial charge in [-0.25, -0.2) is 4.79 Å². The van der Waals surface area contributed by atoms with E-state index in [-0.39, 0.29) is 22.6 Å². The molecular weight excluding hydrogens is 216 g/mol. The fraction of sp³-hybridized carbons (Fsp3) is 0.200. The number of carboxylic acid groups (broad SMARTS) is 2. The molecule has 0 radical (unpaired) electrons. The minimum absolute atomic E-state index is 0.0147. The van der Waals surface area contributed by atoms with Crippen LogP contribution in [-0.4, -0.2) is 34.4 Å². The maximum absolute atomic E-state index is 10.8. The van der Waals surface area contributed by atoms with Crippen LogP contribution in [0.2, 0.25) is 0 Å². The molecule has 6 nitrogen and oxygen atoms in total. The molecule has 0 saturated carbocycles. The van der Waals surface area contributed by atoms with Crippen LogP contribution in [0, 0.1) is 0 Å². The van der Waals surface area contributed by atoms with Crippen molar-refractivity contribution >= 4 is 11.9 Å². The second-order valence-corrected chi connectivity index (χ2v) is 3.06. The van der Waals surface area contributed by atoms with Crippen molar-refractivity contribution in [2.45, 2.75) is 6.42 Å². The maximum Gasteiger partial charge on any atom is 0.339 e. The smallest absolute Gasteiger partial charge is 0.339 e. The van der Waals surface area contributed by atoms with E-state index in [1.54, 1.807) is 0 Å². The SMILES string of the molecule is COc1cc(O)c(CC(=O)O)cc1C(=O)O. The first kappa shape index (κ1) is 11.8. The monoisotopic (exact) mass is 226 g/mol. The molecule has 1 rings (SSSR count). The average Bonchev–Trinajstić information content (AvgIpc) is 2.19. The van der Waals surface area contributed by atoms with E-state index in [1.165, 1.54) is 7.11 Å². The van der Waals surface area contributed by atoms with Gasteiger partial charge >= 0.3 is 11.9 Å². The highest BCUT2D eigenvalue weighted by atomic mass is 16.5. The zero-order valence-electron chi connectivity index (χ0n) is 8.43. The number of aliphatic carboxylic acids is 1. The maximum atomic E-state index is 10.8. The van der Waals surface area contributed by atoms with Crippen LogP contribution in [0.15, 0.2) is 12.1 Å². The Morgan fingerprint density at radius 3 is 2.38 bits per heavy atom. The summed E-state index contributed by atoms with van der Waals surface area (Å²) in [6, 6.07) is 2.17. The fourth-order valence-electron chi connectivity index (χ4n) is 1.25. The number of phenols is 1. The number of hydrogen-bond donors (Lipinski definition) is 3. The van der Waals surface area contributed by atoms with Crippen LogP contribution < -0.4 is 4.74 Å². The number of aromatic hydroxyl groups is 1. The van der Waals surface area contributed by atoms with Crippen molar-refractivity contribution in [2.24, 2.45) is 0 Å². The Morgan fingerprint density at radius 2 is 1.94 bits per heavy atom. The highest BCUT2D eigenvalue weighted by molar-refractivity contribution is 5.92. The summed E-state index contributed by atoms with van der Waals surface area (Å²) in [6.45, 7) is 0. The van der Waals surface area contributed by atoms with Gasteiger partial charge in [-0.2, -0.15) is 0 Å². The summed E-state index contributed by atoms with van der Waals surface area (Å²) in [5.41, 5.74) is -0.151. The van der Waals surface area contributed by atoms with Gasteiger partial charge in [0.15, 0.2) is 0 Å². The average molecular weight is 226 g/mol. The van der Waals surface area contributed by atoms with Crippen molar-refractivity contribution in [3.63, 3.8) is 0 Å². The number of phenolic OH excluding ortho intramolecular Hbond substituents is 1. The van der Waals surface area contributed by atoms with Gasteiger partial charge in [-0.3, -0.25) is 4.79 Å². The zero-order valence-corrected chi connectivity index (χ0v) is 8.43. The van der Waals surface area contributed by atoms with Crippen molar-refractivity contribution < 1.29 is 29.6 Å². The third-order valence-corrected chi connectivity index (χ3v) is 1.97. The minimum Gasteiger partial charge on any atom is -0.508 e. The number of methoxy groups -OCH3 is 1. The molecule has 1 aromatic carbocycles. The van der Waals surface area contributed by atoms with E-state index in [9.17, 15) is 14.7 Å². The molecule has 0 heterocycles. The molecule has 0 aromatic heterocycles. The molecule has 0 amide bonds. The lowest BCUT2D eigenvalue weighted by Crippen LogP contribution is -2.05. The van der Waals surface area contributed by atoms with E-state index in [4.69, 9.17) is 14.9 Å². The highest BCUT2D eigenvalue weighted by Gasteiger charge is 2.16. The molecule has 0 bridgehead atoms. The number of rotatable bonds is 4. The summed E-state index contributed by atoms with van der Waals surface area (Å²) in [5.74, 6) is -2.72. The molecule has 3 N–H and O–H groups in total. The molecule has 0 unspecified atom stereocenters. The van der Waals surface area contributed by atoms with Crippen molar-refractivity contribution in [2.75, 3.05) is 7.11 Å². The normalized spacial score (nSPS) is 9.81. The van der Waals surface area contributed by atoms with Crippen LogP contribution in [0.3, 0.4) is 0 Å². The Labute approximate surface area is 90.7 Å². The van der Waals surface area contributed by atoms with Gasteiger partial charge in [-0.15, -0.1) is 0 Å². The second kappa shape index (κ2) is 4.52. The summed E-state index contributed by atoms with van der Waals surface area (Å²) in [4.78, 5) is 21.3. The lowest BCUT2D eigenvalue weighted by Gasteiger charge is -2.08. The van der Waals surface area contributed by atoms with E-state index in [0.29, 0.717) is 0 Å². The molecule has 16 heavy (non-hydrogen) atoms. The first-order chi connectivity index (χ1) is 7.45. The van der Waals surface area contributed by atoms with Crippen LogP contribution in [0.4, 0.5) is 0 Å². The van der Waals surface area contributed by atoms with Gasteiger partial charge in [-0.1, -0.05) is 0 Å². The molecule has 0 aliphatic carbocycles. The van der Waals surface area contributed by atoms with E-state index < -0.39 is 18.4 Å². The predicted molar refractivity (Wildman–Crippen MR) is 53.0 cm³/mol. The third-order valence-electron chi connectivity index (χ3n) is 1.97. The van der Waals surface area contributed by atoms with E-state index >= 15 is 0 Å². The van der Waals surface area contributed by atoms with Crippen molar-refractivity contribution in [3.8, 4) is 11.5 Å². The van der Waals surface area contributed by atoms with Gasteiger partial charge in [-0.05, 0) is 6.07 Å². The predicted octanol–water partition coefficient (Wildman–Crippen LogP) is 0.726. The van der Waals surface area contributed by atoms with Gasteiger partial charge < -0.3 is 20.1 Å². The summed E-state index contributed by atoms with van der Waals surface area (Å²) in [7, 11) is 1.26. The van der Waals surface area contributed by atoms with Gasteiger partial charge in [0.25, 0.3) is 0 Å². The Kier molecular flexibility index (Phi) is 3.34. The van der Waals surface area contributed by atoms with Gasteiger partial charge in [0.1, 0.15) is 17.1 Å². The first-order valence-electron chi connectivity index (χ1n) is 4.30. The number of carbonyl (C=O) groups is 2. The molecule has 1 aromatic rings. The number of carboxylic acids is 2. The zero-order chi connectivity index (χ0) is 12.3. The molecule has 0 fully saturated rings. The van der Waals surface area contributed by atoms with Crippen LogP contribution >= 0.6 is 0 Å². The lowest BCUT2D eigenvalue weighted by molar-refractivity contribution is -0.136. The Balaban J connectivity index is 3.27. The number of hydrogen-bond acceptors (Lipinski definition) is 4. The Bertz CT molecular complexity index is 437. The van der Waals surface area contributed by atoms with Gasteiger partial charge in [0, 0.05) is 11.6 Å². The lowest BCUT2D eigenvalue weighted by atomic mass is 10.1. The van der Waals surface area contributed by atoms with E-state index in [1.807, 2.05) is 0 Å². The summed E-state index contributed by atoms with van der Waals surface area (Å²) < 4.78 is 4.76. The van der Waals surface area contributed by atoms with Crippen LogP contribution in [0.1, 0.15) is 15.9 Å². The topological polar surface area (TPSA) is 104 Å². The van der Waals surface area contributed by atoms with Crippen molar-refractivity contribution in [1.82, 2.24) is 0 Å². The molecule has 6 heteroatoms. The van der Waals surface area contributed by atoms with Crippen LogP contribution in [-0.2, 0) is 11.2 Å². The largest absolute Gasteiger partial charge is 0.508 e. The highest BCUT2D eigenvalue weighted by Crippen LogP contribution is 2.28. The first-order valence-corrected chi connectivity index (χ1v) is 4.30. The number of aromatic carboxylic acids is 1. The van der Waals surface area contributed by atoms with Gasteiger partial charge in [0.2, 0.25) is 0 Å². The standard InChI is InChI=1S/C10H10O6/c1-16-8-4-7(11)5(3-9(12)13)2-6(8)10(14)15/h2,4,11H,3H2,1H3,(H,12,13)(H,14,15). The Hall–Kier alpha value is -2.24. The molecular formula is C10H10O6. The number of ether oxygens (including phenoxy) is 1. The summed E-state index contributed by atoms with van der Waals surface area (Å²) in [5, 5.41) is 26.8. The van der Waals surface area contributed by atoms with Crippen molar-refractivity contribution in [1.29, 1.82) is 0 Å². The van der Waals surface area contributed by atoms with E-state index in [0.717, 1.165) is 12.1 Å². The fourth-order valence-corrected chi connectivity index (χ4v) is 1.25. The quantitative estimate of drug-likeness (QED) is 0.699. The molecule has 0 saturated heterocycles. The number of benzene rings is 1. The van der Waals surface area contributed by atoms with Gasteiger partial charge in [0.05, 0.1) is 13.5 Å². The molecule has 0 spiro atoms. The molecule has 86 valence electrons. The van der Waals surface area contributed by atoms with Crippen molar-refractivity contribution in [3.05, 3.63) is 23.3 Å². The Morgan fingerprint density at radius 1 is 1.31 bits per heavy atom. The van der Waals surface area contributed by atoms with Crippen LogP contribution in [0.25, 0.3) is 0 Å². The summed E-state index contributed by atoms with van der Waals surface area (Å²) >= 11 is 0. The van der Waals surface area contributed by atoms with E-state index in [2.05, 4.69) is 0 Å². The third kappa shape index (κ3) is 2.41.